The van der Waals surface area contributed by atoms with Crippen LogP contribution < -0.4 is 10.2 Å². The number of amides is 2. The molecule has 0 aromatic carbocycles. The number of nitrogens with zero attached hydrogens (tertiary/aromatic N) is 5. The van der Waals surface area contributed by atoms with Gasteiger partial charge in [0.05, 0.1) is 6.54 Å². The molecule has 0 aliphatic carbocycles. The number of alkyl halides is 3. The van der Waals surface area contributed by atoms with E-state index < -0.39 is 12.1 Å². The lowest BCUT2D eigenvalue weighted by molar-refractivity contribution is -0.159. The van der Waals surface area contributed by atoms with E-state index >= 15 is 0 Å². The van der Waals surface area contributed by atoms with E-state index in [-0.39, 0.29) is 11.9 Å². The van der Waals surface area contributed by atoms with Crippen LogP contribution in [-0.4, -0.2) is 52.2 Å². The molecule has 1 saturated heterocycles. The van der Waals surface area contributed by atoms with Crippen LogP contribution in [0.1, 0.15) is 10.8 Å². The molecule has 30 heavy (non-hydrogen) atoms. The Kier molecular flexibility index (Phi) is 5.57. The Morgan fingerprint density at radius 3 is 2.60 bits per heavy atom. The van der Waals surface area contributed by atoms with Gasteiger partial charge in [0.1, 0.15) is 5.82 Å². The van der Waals surface area contributed by atoms with Crippen LogP contribution in [-0.2, 0) is 12.7 Å². The van der Waals surface area contributed by atoms with Gasteiger partial charge in [-0.25, -0.2) is 9.78 Å². The molecule has 0 saturated carbocycles. The Bertz CT molecular complexity index is 982. The minimum absolute atomic E-state index is 0.107. The lowest BCUT2D eigenvalue weighted by Gasteiger charge is -2.35. The quantitative estimate of drug-likeness (QED) is 0.673. The van der Waals surface area contributed by atoms with E-state index in [0.717, 1.165) is 4.88 Å². The Morgan fingerprint density at radius 2 is 2.00 bits per heavy atom. The molecule has 1 aliphatic heterocycles. The third kappa shape index (κ3) is 4.53. The summed E-state index contributed by atoms with van der Waals surface area (Å²) in [5.41, 5.74) is 0.324. The van der Waals surface area contributed by atoms with Gasteiger partial charge >= 0.3 is 18.1 Å². The van der Waals surface area contributed by atoms with Crippen LogP contribution >= 0.6 is 11.3 Å². The summed E-state index contributed by atoms with van der Waals surface area (Å²) in [6.07, 6.45) is -3.28. The number of urea groups is 1. The van der Waals surface area contributed by atoms with Crippen LogP contribution in [0.15, 0.2) is 40.4 Å². The number of piperazine rings is 1. The highest BCUT2D eigenvalue weighted by atomic mass is 32.1. The van der Waals surface area contributed by atoms with Gasteiger partial charge in [-0.1, -0.05) is 11.2 Å². The summed E-state index contributed by atoms with van der Waals surface area (Å²) in [7, 11) is 0. The summed E-state index contributed by atoms with van der Waals surface area (Å²) < 4.78 is 42.0. The molecule has 3 aromatic heterocycles. The number of hydrogen-bond donors (Lipinski definition) is 1. The van der Waals surface area contributed by atoms with Gasteiger partial charge in [0.15, 0.2) is 0 Å². The normalized spacial score (nSPS) is 14.8. The SMILES string of the molecule is O=C(NCc1cccs1)N1CCN(c2ccc(-c3noc(C(F)(F)F)n3)cn2)CC1. The van der Waals surface area contributed by atoms with E-state index in [1.165, 1.54) is 6.20 Å². The highest BCUT2D eigenvalue weighted by molar-refractivity contribution is 7.09. The minimum Gasteiger partial charge on any atom is -0.353 e. The number of halogens is 3. The van der Waals surface area contributed by atoms with Gasteiger partial charge in [-0.05, 0) is 23.6 Å². The molecule has 1 aliphatic rings. The van der Waals surface area contributed by atoms with Crippen LogP contribution in [0.5, 0.6) is 0 Å². The fourth-order valence-corrected chi connectivity index (χ4v) is 3.63. The molecule has 1 fully saturated rings. The van der Waals surface area contributed by atoms with Crippen molar-refractivity contribution < 1.29 is 22.5 Å². The van der Waals surface area contributed by atoms with Crippen molar-refractivity contribution in [3.05, 3.63) is 46.6 Å². The second-order valence-corrected chi connectivity index (χ2v) is 7.57. The van der Waals surface area contributed by atoms with Crippen LogP contribution in [0.3, 0.4) is 0 Å². The molecule has 1 N–H and O–H groups in total. The van der Waals surface area contributed by atoms with Crippen LogP contribution in [0.25, 0.3) is 11.4 Å². The summed E-state index contributed by atoms with van der Waals surface area (Å²) in [6.45, 7) is 2.78. The average Bonchev–Trinajstić information content (AvgIpc) is 3.44. The van der Waals surface area contributed by atoms with Crippen molar-refractivity contribution in [1.29, 1.82) is 0 Å². The first-order valence-electron chi connectivity index (χ1n) is 9.07. The molecule has 0 spiro atoms. The van der Waals surface area contributed by atoms with E-state index in [1.54, 1.807) is 28.4 Å². The second-order valence-electron chi connectivity index (χ2n) is 6.54. The van der Waals surface area contributed by atoms with Crippen molar-refractivity contribution in [3.63, 3.8) is 0 Å². The highest BCUT2D eigenvalue weighted by Gasteiger charge is 2.38. The molecule has 158 valence electrons. The predicted molar refractivity (Wildman–Crippen MR) is 103 cm³/mol. The Labute approximate surface area is 173 Å². The fraction of sp³-hybridized carbons (Fsp3) is 0.333. The van der Waals surface area contributed by atoms with E-state index in [4.69, 9.17) is 0 Å². The summed E-state index contributed by atoms with van der Waals surface area (Å²) >= 11 is 1.59. The highest BCUT2D eigenvalue weighted by Crippen LogP contribution is 2.29. The van der Waals surface area contributed by atoms with Gasteiger partial charge in [-0.3, -0.25) is 0 Å². The molecular formula is C18H17F3N6O2S. The van der Waals surface area contributed by atoms with Crippen LogP contribution in [0, 0.1) is 0 Å². The van der Waals surface area contributed by atoms with E-state index in [9.17, 15) is 18.0 Å². The zero-order chi connectivity index (χ0) is 21.1. The maximum Gasteiger partial charge on any atom is 0.471 e. The first kappa shape index (κ1) is 20.1. The smallest absolute Gasteiger partial charge is 0.353 e. The molecular weight excluding hydrogens is 421 g/mol. The number of carbonyl (C=O) groups excluding carboxylic acids is 1. The van der Waals surface area contributed by atoms with Gasteiger partial charge in [0, 0.05) is 42.8 Å². The van der Waals surface area contributed by atoms with E-state index in [1.807, 2.05) is 22.4 Å². The van der Waals surface area contributed by atoms with Crippen molar-refractivity contribution in [2.45, 2.75) is 12.7 Å². The number of carbonyl (C=O) groups is 1. The van der Waals surface area contributed by atoms with Crippen molar-refractivity contribution in [2.75, 3.05) is 31.1 Å². The first-order valence-corrected chi connectivity index (χ1v) is 9.95. The third-order valence-electron chi connectivity index (χ3n) is 4.56. The lowest BCUT2D eigenvalue weighted by Crippen LogP contribution is -2.51. The number of aromatic nitrogens is 3. The Morgan fingerprint density at radius 1 is 1.20 bits per heavy atom. The van der Waals surface area contributed by atoms with Gasteiger partial charge in [-0.15, -0.1) is 11.3 Å². The van der Waals surface area contributed by atoms with Crippen molar-refractivity contribution in [2.24, 2.45) is 0 Å². The second kappa shape index (κ2) is 8.30. The summed E-state index contributed by atoms with van der Waals surface area (Å²) in [6, 6.07) is 7.08. The topological polar surface area (TPSA) is 87.4 Å². The van der Waals surface area contributed by atoms with Crippen LogP contribution in [0.4, 0.5) is 23.8 Å². The predicted octanol–water partition coefficient (Wildman–Crippen LogP) is 3.24. The molecule has 2 amide bonds. The molecule has 4 rings (SSSR count). The maximum absolute atomic E-state index is 12.6. The minimum atomic E-state index is -4.69. The van der Waals surface area contributed by atoms with Gasteiger partial charge < -0.3 is 19.6 Å². The first-order chi connectivity index (χ1) is 14.4. The van der Waals surface area contributed by atoms with Gasteiger partial charge in [0.2, 0.25) is 5.82 Å². The average molecular weight is 438 g/mol. The third-order valence-corrected chi connectivity index (χ3v) is 5.44. The molecule has 12 heteroatoms. The number of pyridine rings is 1. The van der Waals surface area contributed by atoms with E-state index in [0.29, 0.717) is 44.1 Å². The monoisotopic (exact) mass is 438 g/mol. The van der Waals surface area contributed by atoms with Crippen molar-refractivity contribution in [1.82, 2.24) is 25.3 Å². The molecule has 0 unspecified atom stereocenters. The largest absolute Gasteiger partial charge is 0.471 e. The lowest BCUT2D eigenvalue weighted by atomic mass is 10.2. The number of hydrogen-bond acceptors (Lipinski definition) is 7. The van der Waals surface area contributed by atoms with Gasteiger partial charge in [0.25, 0.3) is 0 Å². The maximum atomic E-state index is 12.6. The van der Waals surface area contributed by atoms with Crippen LogP contribution in [0.2, 0.25) is 0 Å². The summed E-state index contributed by atoms with van der Waals surface area (Å²) in [4.78, 5) is 24.8. The zero-order valence-electron chi connectivity index (χ0n) is 15.6. The molecule has 0 atom stereocenters. The molecule has 0 radical (unpaired) electrons. The standard InChI is InChI=1S/C18H17F3N6O2S/c19-18(20,21)16-24-15(25-29-16)12-3-4-14(22-10-12)26-5-7-27(8-6-26)17(28)23-11-13-2-1-9-30-13/h1-4,9-10H,5-8,11H2,(H,23,28). The van der Waals surface area contributed by atoms with E-state index in [2.05, 4.69) is 25.0 Å². The summed E-state index contributed by atoms with van der Waals surface area (Å²) in [5, 5.41) is 8.22. The molecule has 0 bridgehead atoms. The zero-order valence-corrected chi connectivity index (χ0v) is 16.4. The van der Waals surface area contributed by atoms with Crippen molar-refractivity contribution in [3.8, 4) is 11.4 Å². The fourth-order valence-electron chi connectivity index (χ4n) is 2.99. The molecule has 4 heterocycles. The number of nitrogens with one attached hydrogen (secondary N) is 1. The number of anilines is 1. The Balaban J connectivity index is 1.31. The van der Waals surface area contributed by atoms with Gasteiger partial charge in [-0.2, -0.15) is 18.2 Å². The van der Waals surface area contributed by atoms with Crippen molar-refractivity contribution >= 4 is 23.2 Å². The molecule has 8 nitrogen and oxygen atoms in total. The molecule has 3 aromatic rings. The number of thiophene rings is 1. The summed E-state index contributed by atoms with van der Waals surface area (Å²) in [5.74, 6) is -0.902. The Hall–Kier alpha value is -3.15. The number of rotatable bonds is 4.